The Labute approximate surface area is 339 Å². The van der Waals surface area contributed by atoms with Crippen LogP contribution in [0.25, 0.3) is 0 Å². The summed E-state index contributed by atoms with van der Waals surface area (Å²) in [6.45, 7) is 6.43. The molecule has 316 valence electrons. The summed E-state index contributed by atoms with van der Waals surface area (Å²) >= 11 is 0. The summed E-state index contributed by atoms with van der Waals surface area (Å²) in [5, 5.41) is 0. The standard InChI is InChI=1S/C49H84O6/c1-4-7-10-13-16-19-22-24-25-26-28-30-33-36-39-42-48(51)54-45-46(44-53-47(50)41-38-35-32-29-21-18-15-12-9-6-3)55-49(52)43-40-37-34-31-27-23-20-17-14-11-8-5-2/h7,10,16-17,19-20,24-25,28,30,46H,4-6,8-9,11-15,18,21-23,26-27,29,31-45H2,1-3H3/b10-7-,19-16-,20-17-,25-24-,30-28-/t46-/m1/s1. The molecule has 6 heteroatoms. The number of carbonyl (C=O) groups is 3. The van der Waals surface area contributed by atoms with Crippen LogP contribution in [0.5, 0.6) is 0 Å². The first kappa shape index (κ1) is 52.1. The number of allylic oxidation sites excluding steroid dienone is 10. The third-order valence-corrected chi connectivity index (χ3v) is 9.51. The second-order valence-corrected chi connectivity index (χ2v) is 14.9. The smallest absolute Gasteiger partial charge is 0.306 e. The van der Waals surface area contributed by atoms with Crippen molar-refractivity contribution in [3.05, 3.63) is 60.8 Å². The van der Waals surface area contributed by atoms with E-state index >= 15 is 0 Å². The minimum atomic E-state index is -0.790. The van der Waals surface area contributed by atoms with Gasteiger partial charge in [0.05, 0.1) is 0 Å². The van der Waals surface area contributed by atoms with E-state index in [0.717, 1.165) is 96.3 Å². The predicted molar refractivity (Wildman–Crippen MR) is 233 cm³/mol. The van der Waals surface area contributed by atoms with Crippen molar-refractivity contribution in [2.45, 2.75) is 219 Å². The van der Waals surface area contributed by atoms with Crippen molar-refractivity contribution < 1.29 is 28.6 Å². The summed E-state index contributed by atoms with van der Waals surface area (Å²) in [5.41, 5.74) is 0. The first-order chi connectivity index (χ1) is 27.0. The Morgan fingerprint density at radius 3 is 1.20 bits per heavy atom. The molecule has 0 saturated heterocycles. The Morgan fingerprint density at radius 1 is 0.382 bits per heavy atom. The number of unbranched alkanes of at least 4 members (excludes halogenated alkanes) is 19. The van der Waals surface area contributed by atoms with Crippen LogP contribution in [-0.2, 0) is 28.6 Å². The first-order valence-corrected chi connectivity index (χ1v) is 22.8. The van der Waals surface area contributed by atoms with Gasteiger partial charge >= 0.3 is 17.9 Å². The van der Waals surface area contributed by atoms with Gasteiger partial charge in [0.15, 0.2) is 6.10 Å². The molecule has 0 spiro atoms. The zero-order chi connectivity index (χ0) is 40.1. The Morgan fingerprint density at radius 2 is 0.709 bits per heavy atom. The molecule has 0 unspecified atom stereocenters. The molecule has 0 aromatic rings. The van der Waals surface area contributed by atoms with Gasteiger partial charge in [-0.15, -0.1) is 0 Å². The molecule has 0 heterocycles. The lowest BCUT2D eigenvalue weighted by molar-refractivity contribution is -0.167. The van der Waals surface area contributed by atoms with Gasteiger partial charge in [0, 0.05) is 19.3 Å². The van der Waals surface area contributed by atoms with Crippen LogP contribution in [0.1, 0.15) is 213 Å². The van der Waals surface area contributed by atoms with E-state index in [9.17, 15) is 14.4 Å². The number of esters is 3. The Balaban J connectivity index is 4.45. The van der Waals surface area contributed by atoms with Gasteiger partial charge in [0.2, 0.25) is 0 Å². The van der Waals surface area contributed by atoms with Gasteiger partial charge in [-0.2, -0.15) is 0 Å². The fourth-order valence-corrected chi connectivity index (χ4v) is 6.07. The molecule has 0 saturated carbocycles. The maximum absolute atomic E-state index is 12.7. The van der Waals surface area contributed by atoms with E-state index < -0.39 is 6.10 Å². The zero-order valence-corrected chi connectivity index (χ0v) is 35.9. The van der Waals surface area contributed by atoms with Crippen molar-refractivity contribution in [2.75, 3.05) is 13.2 Å². The topological polar surface area (TPSA) is 78.9 Å². The molecule has 0 radical (unpaired) electrons. The molecule has 0 aliphatic heterocycles. The largest absolute Gasteiger partial charge is 0.462 e. The van der Waals surface area contributed by atoms with E-state index in [-0.39, 0.29) is 31.1 Å². The minimum absolute atomic E-state index is 0.0899. The molecule has 0 aliphatic carbocycles. The predicted octanol–water partition coefficient (Wildman–Crippen LogP) is 14.5. The molecular weight excluding hydrogens is 685 g/mol. The number of ether oxygens (including phenoxy) is 3. The summed E-state index contributed by atoms with van der Waals surface area (Å²) in [4.78, 5) is 37.7. The fraction of sp³-hybridized carbons (Fsp3) is 0.735. The monoisotopic (exact) mass is 769 g/mol. The lowest BCUT2D eigenvalue weighted by Gasteiger charge is -2.18. The van der Waals surface area contributed by atoms with Crippen LogP contribution in [0.15, 0.2) is 60.8 Å². The Kier molecular flexibility index (Phi) is 41.5. The van der Waals surface area contributed by atoms with Gasteiger partial charge in [-0.3, -0.25) is 14.4 Å². The molecule has 1 atom stereocenters. The Hall–Kier alpha value is -2.89. The average molecular weight is 769 g/mol. The highest BCUT2D eigenvalue weighted by atomic mass is 16.6. The van der Waals surface area contributed by atoms with Crippen LogP contribution < -0.4 is 0 Å². The van der Waals surface area contributed by atoms with Gasteiger partial charge in [-0.1, -0.05) is 171 Å². The second kappa shape index (κ2) is 43.8. The number of hydrogen-bond acceptors (Lipinski definition) is 6. The van der Waals surface area contributed by atoms with Crippen LogP contribution in [0, 0.1) is 0 Å². The molecule has 0 bridgehead atoms. The number of rotatable bonds is 40. The van der Waals surface area contributed by atoms with E-state index in [1.165, 1.54) is 77.0 Å². The maximum Gasteiger partial charge on any atom is 0.306 e. The van der Waals surface area contributed by atoms with Gasteiger partial charge in [0.1, 0.15) is 13.2 Å². The molecule has 0 aliphatic rings. The van der Waals surface area contributed by atoms with Gasteiger partial charge < -0.3 is 14.2 Å². The van der Waals surface area contributed by atoms with Crippen LogP contribution >= 0.6 is 0 Å². The van der Waals surface area contributed by atoms with Crippen molar-refractivity contribution >= 4 is 17.9 Å². The molecule has 0 rings (SSSR count). The highest BCUT2D eigenvalue weighted by Gasteiger charge is 2.19. The SMILES string of the molecule is CC/C=C\C/C=C\C/C=C\C/C=C\CCCCC(=O)OC[C@@H](COC(=O)CCCCCCCCCCCC)OC(=O)CCCCCCC/C=C\CCCCC. The maximum atomic E-state index is 12.7. The third kappa shape index (κ3) is 42.1. The summed E-state index contributed by atoms with van der Waals surface area (Å²) in [5.74, 6) is -0.947. The van der Waals surface area contributed by atoms with Gasteiger partial charge in [-0.05, 0) is 83.5 Å². The van der Waals surface area contributed by atoms with Crippen molar-refractivity contribution in [1.82, 2.24) is 0 Å². The van der Waals surface area contributed by atoms with E-state index in [2.05, 4.69) is 81.5 Å². The Bertz CT molecular complexity index is 1020. The van der Waals surface area contributed by atoms with Crippen LogP contribution in [-0.4, -0.2) is 37.2 Å². The highest BCUT2D eigenvalue weighted by molar-refractivity contribution is 5.71. The molecular formula is C49H84O6. The summed E-state index contributed by atoms with van der Waals surface area (Å²) in [6.07, 6.45) is 52.0. The summed E-state index contributed by atoms with van der Waals surface area (Å²) in [6, 6.07) is 0. The van der Waals surface area contributed by atoms with Crippen molar-refractivity contribution in [3.63, 3.8) is 0 Å². The summed E-state index contributed by atoms with van der Waals surface area (Å²) < 4.78 is 16.7. The van der Waals surface area contributed by atoms with Crippen molar-refractivity contribution in [3.8, 4) is 0 Å². The summed E-state index contributed by atoms with van der Waals surface area (Å²) in [7, 11) is 0. The minimum Gasteiger partial charge on any atom is -0.462 e. The van der Waals surface area contributed by atoms with E-state index in [0.29, 0.717) is 19.3 Å². The lowest BCUT2D eigenvalue weighted by atomic mass is 10.1. The van der Waals surface area contributed by atoms with E-state index in [1.807, 2.05) is 0 Å². The molecule has 0 fully saturated rings. The molecule has 0 amide bonds. The zero-order valence-electron chi connectivity index (χ0n) is 35.9. The number of hydrogen-bond donors (Lipinski definition) is 0. The van der Waals surface area contributed by atoms with Crippen LogP contribution in [0.4, 0.5) is 0 Å². The quantitative estimate of drug-likeness (QED) is 0.0267. The first-order valence-electron chi connectivity index (χ1n) is 22.8. The average Bonchev–Trinajstić information content (AvgIpc) is 3.18. The lowest BCUT2D eigenvalue weighted by Crippen LogP contribution is -2.30. The number of carbonyl (C=O) groups excluding carboxylic acids is 3. The fourth-order valence-electron chi connectivity index (χ4n) is 6.07. The molecule has 0 aromatic carbocycles. The van der Waals surface area contributed by atoms with E-state index in [4.69, 9.17) is 14.2 Å². The molecule has 0 aromatic heterocycles. The molecule has 55 heavy (non-hydrogen) atoms. The third-order valence-electron chi connectivity index (χ3n) is 9.51. The van der Waals surface area contributed by atoms with Crippen LogP contribution in [0.2, 0.25) is 0 Å². The van der Waals surface area contributed by atoms with Gasteiger partial charge in [0.25, 0.3) is 0 Å². The molecule has 0 N–H and O–H groups in total. The highest BCUT2D eigenvalue weighted by Crippen LogP contribution is 2.13. The normalized spacial score (nSPS) is 12.6. The second-order valence-electron chi connectivity index (χ2n) is 14.9. The molecule has 6 nitrogen and oxygen atoms in total. The van der Waals surface area contributed by atoms with Crippen molar-refractivity contribution in [2.24, 2.45) is 0 Å². The van der Waals surface area contributed by atoms with Crippen molar-refractivity contribution in [1.29, 1.82) is 0 Å². The van der Waals surface area contributed by atoms with Gasteiger partial charge in [-0.25, -0.2) is 0 Å². The van der Waals surface area contributed by atoms with Crippen LogP contribution in [0.3, 0.4) is 0 Å². The van der Waals surface area contributed by atoms with E-state index in [1.54, 1.807) is 0 Å².